The number of sulfonamides is 1. The summed E-state index contributed by atoms with van der Waals surface area (Å²) in [7, 11) is -0.722. The van der Waals surface area contributed by atoms with E-state index in [9.17, 15) is 18.5 Å². The van der Waals surface area contributed by atoms with Gasteiger partial charge in [-0.25, -0.2) is 12.7 Å². The van der Waals surface area contributed by atoms with E-state index in [1.54, 1.807) is 6.07 Å². The highest BCUT2D eigenvalue weighted by Crippen LogP contribution is 2.23. The lowest BCUT2D eigenvalue weighted by Crippen LogP contribution is -2.26. The molecule has 1 aromatic heterocycles. The van der Waals surface area contributed by atoms with Gasteiger partial charge in [0.2, 0.25) is 10.0 Å². The molecule has 0 N–H and O–H groups in total. The van der Waals surface area contributed by atoms with Crippen LogP contribution in [-0.4, -0.2) is 31.4 Å². The topological polar surface area (TPSA) is 83.2 Å². The molecule has 142 valence electrons. The smallest absolute Gasteiger partial charge is 0.250 e. The number of pyridine rings is 1. The van der Waals surface area contributed by atoms with Gasteiger partial charge in [-0.3, -0.25) is 4.79 Å². The van der Waals surface area contributed by atoms with Gasteiger partial charge in [0.1, 0.15) is 0 Å². The lowest BCUT2D eigenvalue weighted by atomic mass is 9.99. The van der Waals surface area contributed by atoms with Crippen LogP contribution >= 0.6 is 0 Å². The maximum Gasteiger partial charge on any atom is 0.250 e. The van der Waals surface area contributed by atoms with E-state index in [0.29, 0.717) is 5.56 Å². The van der Waals surface area contributed by atoms with Crippen molar-refractivity contribution in [3.63, 3.8) is 0 Å². The second-order valence-electron chi connectivity index (χ2n) is 6.47. The third kappa shape index (κ3) is 3.88. The zero-order chi connectivity index (χ0) is 20.3. The quantitative estimate of drug-likeness (QED) is 0.667. The monoisotopic (exact) mass is 393 g/mol. The maximum atomic E-state index is 12.3. The first kappa shape index (κ1) is 19.5. The summed E-state index contributed by atoms with van der Waals surface area (Å²) in [6, 6.07) is 19.6. The van der Waals surface area contributed by atoms with Gasteiger partial charge in [0, 0.05) is 26.4 Å². The summed E-state index contributed by atoms with van der Waals surface area (Å²) >= 11 is 0. The summed E-state index contributed by atoms with van der Waals surface area (Å²) in [5.74, 6) is 0. The predicted octanol–water partition coefficient (Wildman–Crippen LogP) is 2.69. The Morgan fingerprint density at radius 2 is 1.68 bits per heavy atom. The van der Waals surface area contributed by atoms with Crippen LogP contribution in [0.15, 0.2) is 76.6 Å². The fraction of sp³-hybridized carbons (Fsp3) is 0.143. The minimum Gasteiger partial charge on any atom is -0.310 e. The Morgan fingerprint density at radius 3 is 2.32 bits per heavy atom. The standard InChI is InChI=1S/C21H19N3O3S/c1-23(2)28(26,27)19-11-12-21(25)24(15-19)14-16-7-9-17(10-8-16)20-6-4-3-5-18(20)13-22/h3-12,15H,14H2,1-2H3. The van der Waals surface area contributed by atoms with E-state index in [0.717, 1.165) is 21.0 Å². The molecule has 0 fully saturated rings. The molecule has 2 aromatic carbocycles. The van der Waals surface area contributed by atoms with Crippen molar-refractivity contribution in [1.82, 2.24) is 8.87 Å². The predicted molar refractivity (Wildman–Crippen MR) is 107 cm³/mol. The first-order chi connectivity index (χ1) is 13.3. The van der Waals surface area contributed by atoms with Crippen LogP contribution < -0.4 is 5.56 Å². The Balaban J connectivity index is 1.91. The Labute approximate surface area is 164 Å². The third-order valence-electron chi connectivity index (χ3n) is 4.40. The van der Waals surface area contributed by atoms with E-state index in [1.165, 1.54) is 37.0 Å². The minimum atomic E-state index is -3.62. The highest BCUT2D eigenvalue weighted by Gasteiger charge is 2.18. The van der Waals surface area contributed by atoms with Crippen LogP contribution in [0, 0.1) is 11.3 Å². The van der Waals surface area contributed by atoms with Gasteiger partial charge in [0.15, 0.2) is 0 Å². The van der Waals surface area contributed by atoms with Crippen LogP contribution in [0.1, 0.15) is 11.1 Å². The van der Waals surface area contributed by atoms with Crippen LogP contribution in [0.4, 0.5) is 0 Å². The second-order valence-corrected chi connectivity index (χ2v) is 8.62. The molecule has 0 radical (unpaired) electrons. The van der Waals surface area contributed by atoms with Crippen LogP contribution in [0.2, 0.25) is 0 Å². The molecule has 0 saturated carbocycles. The fourth-order valence-corrected chi connectivity index (χ4v) is 3.74. The van der Waals surface area contributed by atoms with Crippen LogP contribution in [-0.2, 0) is 16.6 Å². The van der Waals surface area contributed by atoms with Gasteiger partial charge in [-0.2, -0.15) is 5.26 Å². The molecule has 7 heteroatoms. The highest BCUT2D eigenvalue weighted by atomic mass is 32.2. The van der Waals surface area contributed by atoms with Crippen molar-refractivity contribution >= 4 is 10.0 Å². The van der Waals surface area contributed by atoms with Crippen molar-refractivity contribution in [2.75, 3.05) is 14.1 Å². The van der Waals surface area contributed by atoms with Crippen molar-refractivity contribution in [2.24, 2.45) is 0 Å². The summed E-state index contributed by atoms with van der Waals surface area (Å²) in [4.78, 5) is 12.2. The first-order valence-electron chi connectivity index (χ1n) is 8.54. The third-order valence-corrected chi connectivity index (χ3v) is 6.20. The van der Waals surface area contributed by atoms with Gasteiger partial charge in [0.05, 0.1) is 23.1 Å². The molecule has 0 bridgehead atoms. The molecular formula is C21H19N3O3S. The van der Waals surface area contributed by atoms with Crippen molar-refractivity contribution < 1.29 is 8.42 Å². The van der Waals surface area contributed by atoms with Gasteiger partial charge < -0.3 is 4.57 Å². The molecule has 28 heavy (non-hydrogen) atoms. The zero-order valence-corrected chi connectivity index (χ0v) is 16.3. The molecule has 3 rings (SSSR count). The molecule has 0 aliphatic carbocycles. The molecule has 1 heterocycles. The van der Waals surface area contributed by atoms with Crippen molar-refractivity contribution in [1.29, 1.82) is 5.26 Å². The first-order valence-corrected chi connectivity index (χ1v) is 9.98. The molecule has 0 saturated heterocycles. The number of nitrogens with zero attached hydrogens (tertiary/aromatic N) is 3. The second kappa shape index (κ2) is 7.80. The average Bonchev–Trinajstić information content (AvgIpc) is 2.70. The largest absolute Gasteiger partial charge is 0.310 e. The van der Waals surface area contributed by atoms with E-state index in [4.69, 9.17) is 0 Å². The van der Waals surface area contributed by atoms with Crippen molar-refractivity contribution in [3.05, 3.63) is 88.3 Å². The van der Waals surface area contributed by atoms with E-state index < -0.39 is 10.0 Å². The molecule has 0 unspecified atom stereocenters. The summed E-state index contributed by atoms with van der Waals surface area (Å²) < 4.78 is 27.1. The Bertz CT molecular complexity index is 1200. The minimum absolute atomic E-state index is 0.0664. The zero-order valence-electron chi connectivity index (χ0n) is 15.5. The molecule has 0 spiro atoms. The van der Waals surface area contributed by atoms with Gasteiger partial charge in [-0.15, -0.1) is 0 Å². The van der Waals surface area contributed by atoms with Crippen LogP contribution in [0.25, 0.3) is 11.1 Å². The number of hydrogen-bond acceptors (Lipinski definition) is 4. The summed E-state index contributed by atoms with van der Waals surface area (Å²) in [5.41, 5.74) is 2.90. The lowest BCUT2D eigenvalue weighted by molar-refractivity contribution is 0.519. The molecule has 0 atom stereocenters. The van der Waals surface area contributed by atoms with Crippen LogP contribution in [0.5, 0.6) is 0 Å². The van der Waals surface area contributed by atoms with Crippen LogP contribution in [0.3, 0.4) is 0 Å². The molecule has 0 amide bonds. The summed E-state index contributed by atoms with van der Waals surface area (Å²) in [5, 5.41) is 9.25. The summed E-state index contributed by atoms with van der Waals surface area (Å²) in [6.07, 6.45) is 1.36. The highest BCUT2D eigenvalue weighted by molar-refractivity contribution is 7.89. The number of hydrogen-bond donors (Lipinski definition) is 0. The molecule has 0 aliphatic rings. The number of aromatic nitrogens is 1. The number of benzene rings is 2. The van der Waals surface area contributed by atoms with Gasteiger partial charge >= 0.3 is 0 Å². The Hall–Kier alpha value is -3.21. The van der Waals surface area contributed by atoms with Gasteiger partial charge in [0.25, 0.3) is 5.56 Å². The van der Waals surface area contributed by atoms with E-state index in [1.807, 2.05) is 42.5 Å². The number of rotatable bonds is 5. The fourth-order valence-electron chi connectivity index (χ4n) is 2.82. The normalized spacial score (nSPS) is 11.4. The maximum absolute atomic E-state index is 12.3. The molecule has 0 aliphatic heterocycles. The average molecular weight is 393 g/mol. The Morgan fingerprint density at radius 1 is 1.00 bits per heavy atom. The van der Waals surface area contributed by atoms with E-state index >= 15 is 0 Å². The van der Waals surface area contributed by atoms with Crippen molar-refractivity contribution in [2.45, 2.75) is 11.4 Å². The number of nitriles is 1. The molecule has 6 nitrogen and oxygen atoms in total. The summed E-state index contributed by atoms with van der Waals surface area (Å²) in [6.45, 7) is 0.246. The molecular weight excluding hydrogens is 374 g/mol. The lowest BCUT2D eigenvalue weighted by Gasteiger charge is -2.13. The molecule has 3 aromatic rings. The SMILES string of the molecule is CN(C)S(=O)(=O)c1ccc(=O)n(Cc2ccc(-c3ccccc3C#N)cc2)c1. The van der Waals surface area contributed by atoms with Crippen molar-refractivity contribution in [3.8, 4) is 17.2 Å². The van der Waals surface area contributed by atoms with Gasteiger partial charge in [-0.1, -0.05) is 42.5 Å². The Kier molecular flexibility index (Phi) is 5.45. The van der Waals surface area contributed by atoms with E-state index in [-0.39, 0.29) is 17.0 Å². The van der Waals surface area contributed by atoms with E-state index in [2.05, 4.69) is 6.07 Å². The van der Waals surface area contributed by atoms with Gasteiger partial charge in [-0.05, 0) is 28.8 Å².